The maximum atomic E-state index is 12.3. The smallest absolute Gasteiger partial charge is 0.338 e. The Morgan fingerprint density at radius 3 is 2.26 bits per heavy atom. The fourth-order valence-electron chi connectivity index (χ4n) is 3.54. The van der Waals surface area contributed by atoms with E-state index in [0.717, 1.165) is 27.7 Å². The number of hydrogen-bond donors (Lipinski definition) is 0. The van der Waals surface area contributed by atoms with Crippen LogP contribution in [0.25, 0.3) is 0 Å². The third-order valence-corrected chi connectivity index (χ3v) is 5.15. The SMILES string of the molecule is Cc1cccc(C)c1C(=O)OCC[N+](C)(C)C1CCCCC1.[I-]. The Kier molecular flexibility index (Phi) is 8.01. The lowest BCUT2D eigenvalue weighted by molar-refractivity contribution is -0.916. The summed E-state index contributed by atoms with van der Waals surface area (Å²) in [6.07, 6.45) is 6.66. The van der Waals surface area contributed by atoms with E-state index in [2.05, 4.69) is 14.1 Å². The number of quaternary nitrogens is 1. The lowest BCUT2D eigenvalue weighted by Crippen LogP contribution is -3.00. The Hall–Kier alpha value is -0.620. The number of halogens is 1. The lowest BCUT2D eigenvalue weighted by Gasteiger charge is -2.40. The summed E-state index contributed by atoms with van der Waals surface area (Å²) in [7, 11) is 4.53. The molecule has 1 aromatic rings. The number of benzene rings is 1. The summed E-state index contributed by atoms with van der Waals surface area (Å²) in [4.78, 5) is 12.3. The number of rotatable bonds is 5. The van der Waals surface area contributed by atoms with Gasteiger partial charge in [-0.05, 0) is 50.7 Å². The summed E-state index contributed by atoms with van der Waals surface area (Å²) < 4.78 is 6.52. The quantitative estimate of drug-likeness (QED) is 0.393. The molecule has 1 aliphatic carbocycles. The van der Waals surface area contributed by atoms with Crippen molar-refractivity contribution in [1.29, 1.82) is 0 Å². The molecule has 0 amide bonds. The van der Waals surface area contributed by atoms with Gasteiger partial charge >= 0.3 is 5.97 Å². The highest BCUT2D eigenvalue weighted by Gasteiger charge is 2.29. The number of carbonyl (C=O) groups is 1. The Bertz CT molecular complexity index is 502. The van der Waals surface area contributed by atoms with E-state index < -0.39 is 0 Å². The second-order valence-corrected chi connectivity index (χ2v) is 7.20. The van der Waals surface area contributed by atoms with Crippen LogP contribution in [0.2, 0.25) is 0 Å². The molecule has 0 aromatic heterocycles. The second-order valence-electron chi connectivity index (χ2n) is 7.20. The molecule has 0 heterocycles. The van der Waals surface area contributed by atoms with E-state index in [9.17, 15) is 4.79 Å². The number of aryl methyl sites for hydroxylation is 2. The minimum absolute atomic E-state index is 0. The van der Waals surface area contributed by atoms with Gasteiger partial charge in [0.05, 0.1) is 25.7 Å². The standard InChI is InChI=1S/C19H30NO2.HI/c1-15-9-8-10-16(2)18(15)19(21)22-14-13-20(3,4)17-11-6-5-7-12-17;/h8-10,17H,5-7,11-14H2,1-4H3;1H/q+1;/p-1. The largest absolute Gasteiger partial charge is 1.00 e. The second kappa shape index (κ2) is 9.02. The monoisotopic (exact) mass is 431 g/mol. The van der Waals surface area contributed by atoms with E-state index in [1.807, 2.05) is 32.0 Å². The maximum Gasteiger partial charge on any atom is 0.338 e. The molecule has 0 unspecified atom stereocenters. The highest BCUT2D eigenvalue weighted by atomic mass is 127. The third-order valence-electron chi connectivity index (χ3n) is 5.15. The number of nitrogens with zero attached hydrogens (tertiary/aromatic N) is 1. The van der Waals surface area contributed by atoms with Gasteiger partial charge in [0, 0.05) is 0 Å². The first-order chi connectivity index (χ1) is 10.4. The van der Waals surface area contributed by atoms with Crippen molar-refractivity contribution in [2.75, 3.05) is 27.2 Å². The van der Waals surface area contributed by atoms with Crippen LogP contribution >= 0.6 is 0 Å². The molecule has 3 nitrogen and oxygen atoms in total. The van der Waals surface area contributed by atoms with Crippen molar-refractivity contribution in [3.8, 4) is 0 Å². The van der Waals surface area contributed by atoms with Crippen LogP contribution in [-0.4, -0.2) is 43.7 Å². The number of likely N-dealkylation sites (N-methyl/N-ethyl adjacent to an activating group) is 1. The molecule has 0 bridgehead atoms. The first-order valence-corrected chi connectivity index (χ1v) is 8.48. The zero-order chi connectivity index (χ0) is 16.2. The number of carbonyl (C=O) groups excluding carboxylic acids is 1. The number of esters is 1. The molecule has 0 atom stereocenters. The average molecular weight is 431 g/mol. The Morgan fingerprint density at radius 2 is 1.70 bits per heavy atom. The Balaban J connectivity index is 0.00000264. The van der Waals surface area contributed by atoms with Crippen LogP contribution in [0.4, 0.5) is 0 Å². The molecule has 0 spiro atoms. The van der Waals surface area contributed by atoms with Crippen LogP contribution < -0.4 is 24.0 Å². The van der Waals surface area contributed by atoms with Crippen molar-refractivity contribution < 1.29 is 38.0 Å². The predicted octanol–water partition coefficient (Wildman–Crippen LogP) is 0.873. The van der Waals surface area contributed by atoms with Crippen molar-refractivity contribution in [3.05, 3.63) is 34.9 Å². The summed E-state index contributed by atoms with van der Waals surface area (Å²) >= 11 is 0. The molecule has 1 saturated carbocycles. The number of hydrogen-bond acceptors (Lipinski definition) is 2. The molecule has 4 heteroatoms. The Labute approximate surface area is 158 Å². The van der Waals surface area contributed by atoms with Gasteiger partial charge in [-0.2, -0.15) is 0 Å². The first kappa shape index (κ1) is 20.4. The van der Waals surface area contributed by atoms with Gasteiger partial charge in [0.1, 0.15) is 13.2 Å². The summed E-state index contributed by atoms with van der Waals surface area (Å²) in [5, 5.41) is 0. The third kappa shape index (κ3) is 5.45. The molecular weight excluding hydrogens is 401 g/mol. The molecule has 0 saturated heterocycles. The minimum Gasteiger partial charge on any atom is -1.00 e. The van der Waals surface area contributed by atoms with Crippen molar-refractivity contribution in [2.45, 2.75) is 52.0 Å². The van der Waals surface area contributed by atoms with Crippen molar-refractivity contribution in [1.82, 2.24) is 0 Å². The van der Waals surface area contributed by atoms with E-state index in [4.69, 9.17) is 4.74 Å². The normalized spacial score (nSPS) is 15.8. The van der Waals surface area contributed by atoms with Gasteiger partial charge in [-0.15, -0.1) is 0 Å². The molecule has 1 aromatic carbocycles. The minimum atomic E-state index is -0.181. The van der Waals surface area contributed by atoms with Crippen molar-refractivity contribution in [2.24, 2.45) is 0 Å². The molecule has 0 N–H and O–H groups in total. The summed E-state index contributed by atoms with van der Waals surface area (Å²) in [6.45, 7) is 5.31. The molecule has 0 aliphatic heterocycles. The van der Waals surface area contributed by atoms with E-state index >= 15 is 0 Å². The molecule has 1 fully saturated rings. The molecule has 0 radical (unpaired) electrons. The van der Waals surface area contributed by atoms with Gasteiger partial charge in [-0.1, -0.05) is 24.6 Å². The summed E-state index contributed by atoms with van der Waals surface area (Å²) in [5.74, 6) is -0.181. The molecule has 1 aliphatic rings. The van der Waals surface area contributed by atoms with Gasteiger partial charge in [0.2, 0.25) is 0 Å². The van der Waals surface area contributed by atoms with Crippen LogP contribution in [-0.2, 0) is 4.74 Å². The van der Waals surface area contributed by atoms with E-state index in [1.165, 1.54) is 32.1 Å². The summed E-state index contributed by atoms with van der Waals surface area (Å²) in [6, 6.07) is 6.62. The maximum absolute atomic E-state index is 12.3. The van der Waals surface area contributed by atoms with Crippen LogP contribution in [0.15, 0.2) is 18.2 Å². The first-order valence-electron chi connectivity index (χ1n) is 8.48. The summed E-state index contributed by atoms with van der Waals surface area (Å²) in [5.41, 5.74) is 2.71. The van der Waals surface area contributed by atoms with E-state index in [-0.39, 0.29) is 29.9 Å². The van der Waals surface area contributed by atoms with Gasteiger partial charge < -0.3 is 33.2 Å². The van der Waals surface area contributed by atoms with E-state index in [1.54, 1.807) is 0 Å². The molecule has 2 rings (SSSR count). The van der Waals surface area contributed by atoms with Gasteiger partial charge in [-0.3, -0.25) is 0 Å². The van der Waals surface area contributed by atoms with Crippen molar-refractivity contribution in [3.63, 3.8) is 0 Å². The van der Waals surface area contributed by atoms with Gasteiger partial charge in [0.15, 0.2) is 0 Å². The van der Waals surface area contributed by atoms with Crippen LogP contribution in [0.1, 0.15) is 53.6 Å². The molecule has 130 valence electrons. The topological polar surface area (TPSA) is 26.3 Å². The van der Waals surface area contributed by atoms with Crippen molar-refractivity contribution >= 4 is 5.97 Å². The van der Waals surface area contributed by atoms with Crippen LogP contribution in [0.5, 0.6) is 0 Å². The highest BCUT2D eigenvalue weighted by Crippen LogP contribution is 2.25. The fourth-order valence-corrected chi connectivity index (χ4v) is 3.54. The van der Waals surface area contributed by atoms with Gasteiger partial charge in [-0.25, -0.2) is 4.79 Å². The predicted molar refractivity (Wildman–Crippen MR) is 90.0 cm³/mol. The number of ether oxygens (including phenoxy) is 1. The molecule has 23 heavy (non-hydrogen) atoms. The Morgan fingerprint density at radius 1 is 1.13 bits per heavy atom. The fraction of sp³-hybridized carbons (Fsp3) is 0.632. The average Bonchev–Trinajstić information content (AvgIpc) is 2.48. The molecular formula is C19H30INO2. The van der Waals surface area contributed by atoms with E-state index in [0.29, 0.717) is 12.6 Å². The van der Waals surface area contributed by atoms with Gasteiger partial charge in [0.25, 0.3) is 0 Å². The van der Waals surface area contributed by atoms with Crippen LogP contribution in [0, 0.1) is 13.8 Å². The zero-order valence-corrected chi connectivity index (χ0v) is 17.1. The highest BCUT2D eigenvalue weighted by molar-refractivity contribution is 5.92. The lowest BCUT2D eigenvalue weighted by atomic mass is 9.93. The van der Waals surface area contributed by atoms with Crippen LogP contribution in [0.3, 0.4) is 0 Å². The zero-order valence-electron chi connectivity index (χ0n) is 14.9.